The molecule has 1 fully saturated rings. The second-order valence-electron chi connectivity index (χ2n) is 4.92. The smallest absolute Gasteiger partial charge is 0.269 e. The second-order valence-corrected chi connectivity index (χ2v) is 4.92. The van der Waals surface area contributed by atoms with Gasteiger partial charge in [0.1, 0.15) is 0 Å². The molecule has 7 heteroatoms. The van der Waals surface area contributed by atoms with Crippen LogP contribution in [0, 0.1) is 16.0 Å². The van der Waals surface area contributed by atoms with Gasteiger partial charge >= 0.3 is 0 Å². The van der Waals surface area contributed by atoms with Gasteiger partial charge in [-0.05, 0) is 30.9 Å². The summed E-state index contributed by atoms with van der Waals surface area (Å²) in [6.07, 6.45) is 2.01. The Kier molecular flexibility index (Phi) is 3.19. The van der Waals surface area contributed by atoms with E-state index in [0.29, 0.717) is 29.6 Å². The predicted molar refractivity (Wildman–Crippen MR) is 68.8 cm³/mol. The summed E-state index contributed by atoms with van der Waals surface area (Å²) < 4.78 is 5.09. The third-order valence-corrected chi connectivity index (χ3v) is 3.35. The van der Waals surface area contributed by atoms with Crippen LogP contribution in [0.2, 0.25) is 0 Å². The van der Waals surface area contributed by atoms with Crippen LogP contribution < -0.4 is 0 Å². The highest BCUT2D eigenvalue weighted by atomic mass is 16.6. The molecule has 104 valence electrons. The molecule has 1 N–H and O–H groups in total. The van der Waals surface area contributed by atoms with E-state index in [1.165, 1.54) is 12.1 Å². The van der Waals surface area contributed by atoms with Crippen LogP contribution in [0.5, 0.6) is 0 Å². The minimum atomic E-state index is -0.461. The molecule has 20 heavy (non-hydrogen) atoms. The molecule has 1 heterocycles. The number of nitrogens with zero attached hydrogens (tertiary/aromatic N) is 3. The Hall–Kier alpha value is -2.28. The van der Waals surface area contributed by atoms with E-state index in [-0.39, 0.29) is 5.69 Å². The molecule has 1 aromatic carbocycles. The van der Waals surface area contributed by atoms with Crippen molar-refractivity contribution in [2.75, 3.05) is 0 Å². The number of hydrogen-bond donors (Lipinski definition) is 1. The van der Waals surface area contributed by atoms with E-state index in [1.807, 2.05) is 0 Å². The van der Waals surface area contributed by atoms with Gasteiger partial charge in [-0.2, -0.15) is 4.98 Å². The first kappa shape index (κ1) is 12.7. The monoisotopic (exact) mass is 275 g/mol. The van der Waals surface area contributed by atoms with Gasteiger partial charge in [0, 0.05) is 17.7 Å². The van der Waals surface area contributed by atoms with E-state index in [1.54, 1.807) is 12.1 Å². The normalized spacial score (nSPS) is 16.1. The number of benzene rings is 1. The van der Waals surface area contributed by atoms with Gasteiger partial charge in [-0.15, -0.1) is 0 Å². The molecule has 0 saturated heterocycles. The van der Waals surface area contributed by atoms with Crippen molar-refractivity contribution in [2.45, 2.75) is 25.4 Å². The molecule has 1 atom stereocenters. The predicted octanol–water partition coefficient (Wildman–Crippen LogP) is 1.96. The van der Waals surface area contributed by atoms with Crippen molar-refractivity contribution in [1.29, 1.82) is 0 Å². The molecular weight excluding hydrogens is 262 g/mol. The second kappa shape index (κ2) is 5.01. The van der Waals surface area contributed by atoms with Gasteiger partial charge in [-0.3, -0.25) is 10.1 Å². The standard InChI is InChI=1S/C13H13N3O4/c17-11(8-1-2-8)7-12-14-13(15-20-12)9-3-5-10(6-4-9)16(18)19/h3-6,8,11,17H,1-2,7H2. The zero-order valence-corrected chi connectivity index (χ0v) is 10.6. The van der Waals surface area contributed by atoms with Crippen molar-refractivity contribution in [3.05, 3.63) is 40.3 Å². The summed E-state index contributed by atoms with van der Waals surface area (Å²) in [7, 11) is 0. The fourth-order valence-corrected chi connectivity index (χ4v) is 2.01. The average Bonchev–Trinajstić information content (AvgIpc) is 3.20. The SMILES string of the molecule is O=[N+]([O-])c1ccc(-c2noc(CC(O)C3CC3)n2)cc1. The summed E-state index contributed by atoms with van der Waals surface area (Å²) in [6.45, 7) is 0. The highest BCUT2D eigenvalue weighted by molar-refractivity contribution is 5.56. The Morgan fingerprint density at radius 3 is 2.70 bits per heavy atom. The van der Waals surface area contributed by atoms with E-state index in [2.05, 4.69) is 10.1 Å². The van der Waals surface area contributed by atoms with E-state index in [4.69, 9.17) is 4.52 Å². The summed E-state index contributed by atoms with van der Waals surface area (Å²) in [5, 5.41) is 24.2. The number of nitro benzene ring substituents is 1. The number of rotatable bonds is 5. The Balaban J connectivity index is 1.73. The highest BCUT2D eigenvalue weighted by Crippen LogP contribution is 2.33. The molecule has 3 rings (SSSR count). The van der Waals surface area contributed by atoms with E-state index < -0.39 is 11.0 Å². The summed E-state index contributed by atoms with van der Waals surface area (Å²) in [5.74, 6) is 1.11. The van der Waals surface area contributed by atoms with Crippen LogP contribution >= 0.6 is 0 Å². The average molecular weight is 275 g/mol. The molecule has 7 nitrogen and oxygen atoms in total. The van der Waals surface area contributed by atoms with Crippen LogP contribution in [0.3, 0.4) is 0 Å². The Labute approximate surface area is 114 Å². The van der Waals surface area contributed by atoms with E-state index in [0.717, 1.165) is 12.8 Å². The minimum Gasteiger partial charge on any atom is -0.392 e. The minimum absolute atomic E-state index is 0.0154. The largest absolute Gasteiger partial charge is 0.392 e. The lowest BCUT2D eigenvalue weighted by Crippen LogP contribution is -2.12. The van der Waals surface area contributed by atoms with Gasteiger partial charge in [0.2, 0.25) is 11.7 Å². The molecule has 0 aliphatic heterocycles. The summed E-state index contributed by atoms with van der Waals surface area (Å²) in [6, 6.07) is 5.93. The molecular formula is C13H13N3O4. The van der Waals surface area contributed by atoms with Crippen molar-refractivity contribution in [3.63, 3.8) is 0 Å². The van der Waals surface area contributed by atoms with Crippen molar-refractivity contribution >= 4 is 5.69 Å². The molecule has 1 aromatic heterocycles. The van der Waals surface area contributed by atoms with Crippen molar-refractivity contribution < 1.29 is 14.6 Å². The topological polar surface area (TPSA) is 102 Å². The maximum absolute atomic E-state index is 10.6. The molecule has 1 aliphatic carbocycles. The lowest BCUT2D eigenvalue weighted by Gasteiger charge is -2.03. The third kappa shape index (κ3) is 2.67. The number of nitro groups is 1. The fourth-order valence-electron chi connectivity index (χ4n) is 2.01. The fraction of sp³-hybridized carbons (Fsp3) is 0.385. The van der Waals surface area contributed by atoms with E-state index >= 15 is 0 Å². The number of hydrogen-bond acceptors (Lipinski definition) is 6. The molecule has 1 aliphatic rings. The number of non-ortho nitro benzene ring substituents is 1. The van der Waals surface area contributed by atoms with Gasteiger partial charge in [-0.1, -0.05) is 5.16 Å². The van der Waals surface area contributed by atoms with Gasteiger partial charge in [-0.25, -0.2) is 0 Å². The first-order valence-corrected chi connectivity index (χ1v) is 6.39. The van der Waals surface area contributed by atoms with Crippen molar-refractivity contribution in [1.82, 2.24) is 10.1 Å². The van der Waals surface area contributed by atoms with Crippen LogP contribution in [0.15, 0.2) is 28.8 Å². The first-order valence-electron chi connectivity index (χ1n) is 6.39. The summed E-state index contributed by atoms with van der Waals surface area (Å²) in [4.78, 5) is 14.3. The molecule has 2 aromatic rings. The zero-order chi connectivity index (χ0) is 14.1. The van der Waals surface area contributed by atoms with Gasteiger partial charge in [0.15, 0.2) is 0 Å². The molecule has 0 amide bonds. The number of aliphatic hydroxyl groups is 1. The summed E-state index contributed by atoms with van der Waals surface area (Å²) >= 11 is 0. The molecule has 0 radical (unpaired) electrons. The summed E-state index contributed by atoms with van der Waals surface area (Å²) in [5.41, 5.74) is 0.660. The molecule has 0 bridgehead atoms. The quantitative estimate of drug-likeness (QED) is 0.661. The molecule has 1 saturated carbocycles. The van der Waals surface area contributed by atoms with Crippen LogP contribution in [0.25, 0.3) is 11.4 Å². The molecule has 0 spiro atoms. The van der Waals surface area contributed by atoms with Crippen LogP contribution in [-0.4, -0.2) is 26.3 Å². The number of aliphatic hydroxyl groups excluding tert-OH is 1. The lowest BCUT2D eigenvalue weighted by atomic mass is 10.1. The Morgan fingerprint density at radius 1 is 1.40 bits per heavy atom. The third-order valence-electron chi connectivity index (χ3n) is 3.35. The van der Waals surface area contributed by atoms with Gasteiger partial charge in [0.25, 0.3) is 5.69 Å². The number of aromatic nitrogens is 2. The van der Waals surface area contributed by atoms with Gasteiger partial charge in [0.05, 0.1) is 17.4 Å². The van der Waals surface area contributed by atoms with Crippen LogP contribution in [0.4, 0.5) is 5.69 Å². The van der Waals surface area contributed by atoms with Crippen LogP contribution in [0.1, 0.15) is 18.7 Å². The first-order chi connectivity index (χ1) is 9.63. The van der Waals surface area contributed by atoms with Gasteiger partial charge < -0.3 is 9.63 Å². The maximum Gasteiger partial charge on any atom is 0.269 e. The van der Waals surface area contributed by atoms with Crippen molar-refractivity contribution in [2.24, 2.45) is 5.92 Å². The Bertz CT molecular complexity index is 619. The lowest BCUT2D eigenvalue weighted by molar-refractivity contribution is -0.384. The van der Waals surface area contributed by atoms with Crippen molar-refractivity contribution in [3.8, 4) is 11.4 Å². The van der Waals surface area contributed by atoms with E-state index in [9.17, 15) is 15.2 Å². The zero-order valence-electron chi connectivity index (χ0n) is 10.6. The molecule has 1 unspecified atom stereocenters. The highest BCUT2D eigenvalue weighted by Gasteiger charge is 2.31. The Morgan fingerprint density at radius 2 is 2.10 bits per heavy atom. The van der Waals surface area contributed by atoms with Crippen LogP contribution in [-0.2, 0) is 6.42 Å². The maximum atomic E-state index is 10.6.